The molecular weight excluding hydrogens is 361 g/mol. The van der Waals surface area contributed by atoms with Gasteiger partial charge in [-0.25, -0.2) is 4.39 Å². The van der Waals surface area contributed by atoms with Gasteiger partial charge in [-0.2, -0.15) is 0 Å². The number of β-amino-alcohol motifs (C(OH)–C–C–N with tert-alkyl or cyclic N) is 1. The van der Waals surface area contributed by atoms with E-state index in [2.05, 4.69) is 0 Å². The first-order valence-electron chi connectivity index (χ1n) is 10.2. The lowest BCUT2D eigenvalue weighted by Crippen LogP contribution is -2.51. The van der Waals surface area contributed by atoms with Gasteiger partial charge in [0, 0.05) is 6.54 Å². The third kappa shape index (κ3) is 5.31. The number of halogens is 1. The van der Waals surface area contributed by atoms with Gasteiger partial charge in [0.05, 0.1) is 18.4 Å². The van der Waals surface area contributed by atoms with Crippen molar-refractivity contribution in [1.29, 1.82) is 0 Å². The molecule has 1 heterocycles. The van der Waals surface area contributed by atoms with E-state index < -0.39 is 23.4 Å². The van der Waals surface area contributed by atoms with E-state index in [1.165, 1.54) is 12.1 Å². The van der Waals surface area contributed by atoms with Crippen LogP contribution in [0.15, 0.2) is 24.3 Å². The zero-order valence-electron chi connectivity index (χ0n) is 17.0. The fourth-order valence-electron chi connectivity index (χ4n) is 4.21. The maximum Gasteiger partial charge on any atom is 0.307 e. The van der Waals surface area contributed by atoms with Gasteiger partial charge in [-0.15, -0.1) is 0 Å². The van der Waals surface area contributed by atoms with Crippen LogP contribution in [0, 0.1) is 23.6 Å². The maximum atomic E-state index is 13.3. The predicted octanol–water partition coefficient (Wildman–Crippen LogP) is 3.80. The van der Waals surface area contributed by atoms with Crippen LogP contribution in [-0.4, -0.2) is 40.1 Å². The number of aliphatic carboxylic acids is 1. The predicted molar refractivity (Wildman–Crippen MR) is 105 cm³/mol. The molecule has 1 aliphatic heterocycles. The summed E-state index contributed by atoms with van der Waals surface area (Å²) in [7, 11) is 0. The fraction of sp³-hybridized carbons (Fsp3) is 0.636. The summed E-state index contributed by atoms with van der Waals surface area (Å²) in [6.07, 6.45) is 2.74. The molecule has 0 spiro atoms. The number of carbonyl (C=O) groups is 2. The number of carboxylic acid groups (broad SMARTS) is 1. The second-order valence-electron chi connectivity index (χ2n) is 8.37. The van der Waals surface area contributed by atoms with Crippen LogP contribution in [0.25, 0.3) is 0 Å². The molecule has 1 aromatic rings. The van der Waals surface area contributed by atoms with E-state index in [1.807, 2.05) is 20.8 Å². The number of hydrogen-bond acceptors (Lipinski definition) is 3. The van der Waals surface area contributed by atoms with Crippen molar-refractivity contribution in [1.82, 2.24) is 4.90 Å². The highest BCUT2D eigenvalue weighted by atomic mass is 19.1. The number of benzene rings is 1. The van der Waals surface area contributed by atoms with Gasteiger partial charge in [-0.05, 0) is 49.3 Å². The fourth-order valence-corrected chi connectivity index (χ4v) is 4.21. The number of rotatable bonds is 8. The average molecular weight is 393 g/mol. The lowest BCUT2D eigenvalue weighted by molar-refractivity contribution is -0.154. The molecule has 5 nitrogen and oxygen atoms in total. The Morgan fingerprint density at radius 3 is 2.39 bits per heavy atom. The number of aliphatic hydroxyl groups is 1. The third-order valence-electron chi connectivity index (χ3n) is 5.61. The number of nitrogens with zero attached hydrogens (tertiary/aromatic N) is 1. The highest BCUT2D eigenvalue weighted by molar-refractivity contribution is 5.85. The molecule has 2 N–H and O–H groups in total. The SMILES string of the molecule is CCCC(C(=O)O)C(CC(C)C)C(=O)N1CCCC(O)(c2ccc(F)cc2)C1. The van der Waals surface area contributed by atoms with E-state index >= 15 is 0 Å². The maximum absolute atomic E-state index is 13.3. The summed E-state index contributed by atoms with van der Waals surface area (Å²) in [6.45, 7) is 6.48. The Morgan fingerprint density at radius 1 is 1.21 bits per heavy atom. The van der Waals surface area contributed by atoms with E-state index in [1.54, 1.807) is 17.0 Å². The summed E-state index contributed by atoms with van der Waals surface area (Å²) >= 11 is 0. The molecule has 0 aliphatic carbocycles. The molecule has 1 aliphatic rings. The molecule has 28 heavy (non-hydrogen) atoms. The van der Waals surface area contributed by atoms with Gasteiger partial charge in [0.25, 0.3) is 0 Å². The lowest BCUT2D eigenvalue weighted by atomic mass is 9.80. The van der Waals surface area contributed by atoms with Crippen molar-refractivity contribution in [3.8, 4) is 0 Å². The largest absolute Gasteiger partial charge is 0.481 e. The van der Waals surface area contributed by atoms with E-state index in [4.69, 9.17) is 0 Å². The number of amides is 1. The molecule has 1 amide bonds. The highest BCUT2D eigenvalue weighted by Crippen LogP contribution is 2.34. The van der Waals surface area contributed by atoms with Crippen LogP contribution in [0.3, 0.4) is 0 Å². The first kappa shape index (κ1) is 22.3. The second kappa shape index (κ2) is 9.50. The molecule has 3 unspecified atom stereocenters. The van der Waals surface area contributed by atoms with Gasteiger partial charge in [-0.1, -0.05) is 39.3 Å². The molecule has 0 saturated carbocycles. The number of carboxylic acids is 1. The van der Waals surface area contributed by atoms with E-state index in [-0.39, 0.29) is 24.2 Å². The topological polar surface area (TPSA) is 77.8 Å². The van der Waals surface area contributed by atoms with Gasteiger partial charge < -0.3 is 15.1 Å². The van der Waals surface area contributed by atoms with Gasteiger partial charge >= 0.3 is 5.97 Å². The first-order chi connectivity index (χ1) is 13.2. The van der Waals surface area contributed by atoms with Gasteiger partial charge in [0.1, 0.15) is 11.4 Å². The van der Waals surface area contributed by atoms with Crippen molar-refractivity contribution in [2.75, 3.05) is 13.1 Å². The minimum atomic E-state index is -1.24. The zero-order valence-corrected chi connectivity index (χ0v) is 17.0. The molecule has 2 rings (SSSR count). The standard InChI is InChI=1S/C22H32FNO4/c1-4-6-18(21(26)27)19(13-15(2)3)20(25)24-12-5-11-22(28,14-24)16-7-9-17(23)10-8-16/h7-10,15,18-19,28H,4-6,11-14H2,1-3H3,(H,26,27). The number of piperidine rings is 1. The van der Waals surface area contributed by atoms with Crippen LogP contribution in [0.2, 0.25) is 0 Å². The van der Waals surface area contributed by atoms with Crippen LogP contribution in [0.5, 0.6) is 0 Å². The smallest absolute Gasteiger partial charge is 0.307 e. The quantitative estimate of drug-likeness (QED) is 0.704. The van der Waals surface area contributed by atoms with Crippen molar-refractivity contribution in [3.05, 3.63) is 35.6 Å². The summed E-state index contributed by atoms with van der Waals surface area (Å²) in [6, 6.07) is 5.70. The minimum absolute atomic E-state index is 0.102. The second-order valence-corrected chi connectivity index (χ2v) is 8.37. The van der Waals surface area contributed by atoms with Crippen LogP contribution >= 0.6 is 0 Å². The Labute approximate surface area is 166 Å². The molecule has 156 valence electrons. The van der Waals surface area contributed by atoms with Gasteiger partial charge in [0.15, 0.2) is 0 Å². The monoisotopic (exact) mass is 393 g/mol. The summed E-state index contributed by atoms with van der Waals surface area (Å²) in [5.74, 6) is -2.65. The van der Waals surface area contributed by atoms with Gasteiger partial charge in [0.2, 0.25) is 5.91 Å². The average Bonchev–Trinajstić information content (AvgIpc) is 2.64. The van der Waals surface area contributed by atoms with Crippen molar-refractivity contribution in [2.24, 2.45) is 17.8 Å². The highest BCUT2D eigenvalue weighted by Gasteiger charge is 2.41. The van der Waals surface area contributed by atoms with Crippen LogP contribution < -0.4 is 0 Å². The summed E-state index contributed by atoms with van der Waals surface area (Å²) in [4.78, 5) is 26.7. The minimum Gasteiger partial charge on any atom is -0.481 e. The van der Waals surface area contributed by atoms with Crippen LogP contribution in [0.4, 0.5) is 4.39 Å². The molecule has 0 radical (unpaired) electrons. The Hall–Kier alpha value is -1.95. The summed E-state index contributed by atoms with van der Waals surface area (Å²) < 4.78 is 13.2. The Bertz CT molecular complexity index is 676. The molecule has 6 heteroatoms. The van der Waals surface area contributed by atoms with E-state index in [0.29, 0.717) is 44.2 Å². The Kier molecular flexibility index (Phi) is 7.58. The van der Waals surface area contributed by atoms with E-state index in [9.17, 15) is 24.2 Å². The Morgan fingerprint density at radius 2 is 1.86 bits per heavy atom. The van der Waals surface area contributed by atoms with Gasteiger partial charge in [-0.3, -0.25) is 9.59 Å². The Balaban J connectivity index is 2.25. The zero-order chi connectivity index (χ0) is 20.9. The molecule has 1 aromatic carbocycles. The van der Waals surface area contributed by atoms with Crippen LogP contribution in [0.1, 0.15) is 58.4 Å². The third-order valence-corrected chi connectivity index (χ3v) is 5.61. The normalized spacial score (nSPS) is 22.1. The number of hydrogen-bond donors (Lipinski definition) is 2. The summed E-state index contributed by atoms with van der Waals surface area (Å²) in [5.41, 5.74) is -0.664. The number of likely N-dealkylation sites (tertiary alicyclic amines) is 1. The molecule has 0 aromatic heterocycles. The van der Waals surface area contributed by atoms with Crippen molar-refractivity contribution >= 4 is 11.9 Å². The summed E-state index contributed by atoms with van der Waals surface area (Å²) in [5, 5.41) is 20.8. The molecule has 1 fully saturated rings. The number of carbonyl (C=O) groups excluding carboxylic acids is 1. The molecule has 1 saturated heterocycles. The van der Waals surface area contributed by atoms with Crippen molar-refractivity contribution in [2.45, 2.75) is 58.5 Å². The van der Waals surface area contributed by atoms with Crippen LogP contribution in [-0.2, 0) is 15.2 Å². The first-order valence-corrected chi connectivity index (χ1v) is 10.2. The van der Waals surface area contributed by atoms with Crippen molar-refractivity contribution in [3.63, 3.8) is 0 Å². The molecular formula is C22H32FNO4. The lowest BCUT2D eigenvalue weighted by Gasteiger charge is -2.41. The molecule has 0 bridgehead atoms. The van der Waals surface area contributed by atoms with E-state index in [0.717, 1.165) is 0 Å². The molecule has 3 atom stereocenters. The van der Waals surface area contributed by atoms with Crippen molar-refractivity contribution < 1.29 is 24.2 Å².